The van der Waals surface area contributed by atoms with Gasteiger partial charge in [0.1, 0.15) is 0 Å². The molecule has 28 heavy (non-hydrogen) atoms. The summed E-state index contributed by atoms with van der Waals surface area (Å²) in [6.07, 6.45) is 6.25. The summed E-state index contributed by atoms with van der Waals surface area (Å²) in [5, 5.41) is 10.6. The standard InChI is InChI=1S/C23H26ClN3O/c1-14-10-23(14)13-27(12-22(28-23)4-5-22)19-8-18(11-25)21(20(24)9-19)17-6-15(2)26-16(3)7-17/h6-7,9,14,18H,4-5,8,10,12-13H2,1-3H3/t14-,18?,23?/m0/s1. The van der Waals surface area contributed by atoms with Crippen LogP contribution in [-0.4, -0.2) is 34.2 Å². The van der Waals surface area contributed by atoms with Crippen molar-refractivity contribution in [2.24, 2.45) is 11.8 Å². The van der Waals surface area contributed by atoms with E-state index in [2.05, 4.69) is 29.0 Å². The van der Waals surface area contributed by atoms with E-state index in [0.29, 0.717) is 17.4 Å². The Hall–Kier alpha value is -1.83. The summed E-state index contributed by atoms with van der Waals surface area (Å²) < 4.78 is 6.53. The van der Waals surface area contributed by atoms with Gasteiger partial charge in [-0.15, -0.1) is 0 Å². The minimum Gasteiger partial charge on any atom is -0.369 e. The van der Waals surface area contributed by atoms with Crippen LogP contribution in [0, 0.1) is 37.0 Å². The number of pyridine rings is 1. The van der Waals surface area contributed by atoms with Gasteiger partial charge in [0.25, 0.3) is 0 Å². The molecule has 1 aliphatic heterocycles. The lowest BCUT2D eigenvalue weighted by molar-refractivity contribution is -0.116. The number of nitriles is 1. The summed E-state index contributed by atoms with van der Waals surface area (Å²) in [6.45, 7) is 8.10. The minimum atomic E-state index is -0.237. The topological polar surface area (TPSA) is 49.1 Å². The molecule has 1 aromatic heterocycles. The van der Waals surface area contributed by atoms with E-state index in [1.807, 2.05) is 26.0 Å². The second-order valence-corrected chi connectivity index (χ2v) is 9.64. The highest BCUT2D eigenvalue weighted by Crippen LogP contribution is 2.58. The molecule has 0 amide bonds. The van der Waals surface area contributed by atoms with E-state index < -0.39 is 0 Å². The molecule has 5 heteroatoms. The van der Waals surface area contributed by atoms with Crippen molar-refractivity contribution in [2.45, 2.75) is 57.7 Å². The second kappa shape index (κ2) is 6.08. The summed E-state index contributed by atoms with van der Waals surface area (Å²) in [5.74, 6) is 0.382. The van der Waals surface area contributed by atoms with Crippen LogP contribution < -0.4 is 0 Å². The molecule has 0 radical (unpaired) electrons. The average Bonchev–Trinajstić information content (AvgIpc) is 3.51. The van der Waals surface area contributed by atoms with E-state index >= 15 is 0 Å². The molecule has 1 aromatic rings. The fourth-order valence-electron chi connectivity index (χ4n) is 5.07. The van der Waals surface area contributed by atoms with Crippen molar-refractivity contribution in [3.05, 3.63) is 45.9 Å². The fourth-order valence-corrected chi connectivity index (χ4v) is 5.43. The van der Waals surface area contributed by atoms with Crippen LogP contribution in [0.5, 0.6) is 0 Å². The molecule has 2 spiro atoms. The van der Waals surface area contributed by atoms with Crippen molar-refractivity contribution in [1.29, 1.82) is 5.26 Å². The van der Waals surface area contributed by atoms with Crippen molar-refractivity contribution < 1.29 is 4.74 Å². The molecule has 3 atom stereocenters. The molecule has 146 valence electrons. The van der Waals surface area contributed by atoms with Crippen LogP contribution >= 0.6 is 11.6 Å². The Labute approximate surface area is 171 Å². The number of hydrogen-bond acceptors (Lipinski definition) is 4. The normalized spacial score (nSPS) is 33.1. The fraction of sp³-hybridized carbons (Fsp3) is 0.565. The molecule has 4 nitrogen and oxygen atoms in total. The monoisotopic (exact) mass is 395 g/mol. The molecule has 1 saturated heterocycles. The van der Waals surface area contributed by atoms with Crippen LogP contribution in [0.2, 0.25) is 0 Å². The van der Waals surface area contributed by atoms with E-state index in [-0.39, 0.29) is 17.1 Å². The maximum absolute atomic E-state index is 9.94. The highest BCUT2D eigenvalue weighted by atomic mass is 35.5. The minimum absolute atomic E-state index is 0.0214. The van der Waals surface area contributed by atoms with Gasteiger partial charge in [-0.3, -0.25) is 4.98 Å². The van der Waals surface area contributed by atoms with Crippen molar-refractivity contribution >= 4 is 17.2 Å². The highest BCUT2D eigenvalue weighted by molar-refractivity contribution is 6.34. The Bertz CT molecular complexity index is 935. The zero-order chi connectivity index (χ0) is 19.7. The first-order chi connectivity index (χ1) is 13.3. The maximum Gasteiger partial charge on any atom is 0.0894 e. The van der Waals surface area contributed by atoms with Crippen molar-refractivity contribution in [3.8, 4) is 6.07 Å². The van der Waals surface area contributed by atoms with Crippen molar-refractivity contribution in [3.63, 3.8) is 0 Å². The summed E-state index contributed by atoms with van der Waals surface area (Å²) in [7, 11) is 0. The van der Waals surface area contributed by atoms with Gasteiger partial charge in [0.05, 0.1) is 23.2 Å². The van der Waals surface area contributed by atoms with Crippen LogP contribution in [-0.2, 0) is 4.74 Å². The second-order valence-electron chi connectivity index (χ2n) is 9.23. The number of allylic oxidation sites excluding steroid dienone is 4. The van der Waals surface area contributed by atoms with Crippen LogP contribution in [0.4, 0.5) is 0 Å². The van der Waals surface area contributed by atoms with Gasteiger partial charge in [-0.25, -0.2) is 0 Å². The van der Waals surface area contributed by atoms with Gasteiger partial charge in [0, 0.05) is 41.6 Å². The predicted octanol–water partition coefficient (Wildman–Crippen LogP) is 4.72. The van der Waals surface area contributed by atoms with Crippen LogP contribution in [0.25, 0.3) is 5.57 Å². The summed E-state index contributed by atoms with van der Waals surface area (Å²) >= 11 is 6.79. The van der Waals surface area contributed by atoms with E-state index in [1.165, 1.54) is 5.70 Å². The molecule has 2 saturated carbocycles. The molecule has 0 N–H and O–H groups in total. The first-order valence-electron chi connectivity index (χ1n) is 10.2. The number of aromatic nitrogens is 1. The zero-order valence-electron chi connectivity index (χ0n) is 16.8. The SMILES string of the molecule is Cc1cc(C2=C(Cl)C=C(N3CC4(CC4)OC4(C[C@@H]4C)C3)CC2C#N)cc(C)n1. The van der Waals surface area contributed by atoms with E-state index in [0.717, 1.165) is 54.9 Å². The molecule has 5 rings (SSSR count). The van der Waals surface area contributed by atoms with Crippen molar-refractivity contribution in [1.82, 2.24) is 9.88 Å². The van der Waals surface area contributed by atoms with Gasteiger partial charge in [0.2, 0.25) is 0 Å². The Balaban J connectivity index is 1.50. The van der Waals surface area contributed by atoms with Gasteiger partial charge in [0.15, 0.2) is 0 Å². The smallest absolute Gasteiger partial charge is 0.0894 e. The third-order valence-corrected chi connectivity index (χ3v) is 7.13. The number of nitrogens with zero attached hydrogens (tertiary/aromatic N) is 3. The number of morpholine rings is 1. The van der Waals surface area contributed by atoms with E-state index in [1.54, 1.807) is 0 Å². The zero-order valence-corrected chi connectivity index (χ0v) is 17.5. The largest absolute Gasteiger partial charge is 0.369 e. The van der Waals surface area contributed by atoms with Crippen molar-refractivity contribution in [2.75, 3.05) is 13.1 Å². The van der Waals surface area contributed by atoms with Gasteiger partial charge >= 0.3 is 0 Å². The molecule has 0 aromatic carbocycles. The maximum atomic E-state index is 9.94. The lowest BCUT2D eigenvalue weighted by Gasteiger charge is -2.43. The summed E-state index contributed by atoms with van der Waals surface area (Å²) in [4.78, 5) is 6.92. The molecular weight excluding hydrogens is 370 g/mol. The number of hydrogen-bond donors (Lipinski definition) is 0. The third kappa shape index (κ3) is 2.96. The van der Waals surface area contributed by atoms with Crippen LogP contribution in [0.15, 0.2) is 28.9 Å². The molecule has 0 bridgehead atoms. The summed E-state index contributed by atoms with van der Waals surface area (Å²) in [6, 6.07) is 6.57. The molecule has 2 heterocycles. The molecule has 4 aliphatic rings. The average molecular weight is 396 g/mol. The first-order valence-corrected chi connectivity index (χ1v) is 10.6. The third-order valence-electron chi connectivity index (χ3n) is 6.82. The van der Waals surface area contributed by atoms with E-state index in [9.17, 15) is 5.26 Å². The molecule has 3 aliphatic carbocycles. The lowest BCUT2D eigenvalue weighted by Crippen LogP contribution is -2.51. The number of aryl methyl sites for hydroxylation is 2. The number of ether oxygens (including phenoxy) is 1. The molecular formula is C23H26ClN3O. The summed E-state index contributed by atoms with van der Waals surface area (Å²) in [5.41, 5.74) is 5.11. The lowest BCUT2D eigenvalue weighted by atomic mass is 9.85. The van der Waals surface area contributed by atoms with Gasteiger partial charge in [-0.2, -0.15) is 5.26 Å². The van der Waals surface area contributed by atoms with Gasteiger partial charge in [-0.05, 0) is 68.4 Å². The van der Waals surface area contributed by atoms with Gasteiger partial charge in [-0.1, -0.05) is 18.5 Å². The predicted molar refractivity (Wildman–Crippen MR) is 109 cm³/mol. The molecule has 2 unspecified atom stereocenters. The quantitative estimate of drug-likeness (QED) is 0.727. The number of halogens is 1. The Morgan fingerprint density at radius 3 is 2.50 bits per heavy atom. The van der Waals surface area contributed by atoms with Crippen LogP contribution in [0.3, 0.4) is 0 Å². The van der Waals surface area contributed by atoms with Crippen LogP contribution in [0.1, 0.15) is 49.6 Å². The van der Waals surface area contributed by atoms with E-state index in [4.69, 9.17) is 16.3 Å². The van der Waals surface area contributed by atoms with Gasteiger partial charge < -0.3 is 9.64 Å². The number of rotatable bonds is 2. The Morgan fingerprint density at radius 2 is 1.93 bits per heavy atom. The Morgan fingerprint density at radius 1 is 1.25 bits per heavy atom. The Kier molecular flexibility index (Phi) is 3.96. The molecule has 3 fully saturated rings. The highest BCUT2D eigenvalue weighted by Gasteiger charge is 2.64. The first kappa shape index (κ1) is 18.2.